The maximum absolute atomic E-state index is 5.66. The maximum Gasteiger partial charge on any atom is 0.127 e. The number of para-hydroxylation sites is 2. The molecule has 3 aromatic rings. The molecule has 0 fully saturated rings. The van der Waals surface area contributed by atoms with Crippen LogP contribution in [0.5, 0.6) is 11.5 Å². The second kappa shape index (κ2) is 7.51. The quantitative estimate of drug-likeness (QED) is 0.660. The topological polar surface area (TPSA) is 18.5 Å². The minimum atomic E-state index is -0.770. The Morgan fingerprint density at radius 2 is 1.00 bits per heavy atom. The molecule has 0 spiro atoms. The Balaban J connectivity index is 2.28. The van der Waals surface area contributed by atoms with Gasteiger partial charge in [0.1, 0.15) is 11.5 Å². The van der Waals surface area contributed by atoms with E-state index in [1.807, 2.05) is 24.3 Å². The van der Waals surface area contributed by atoms with Crippen molar-refractivity contribution in [2.45, 2.75) is 6.92 Å². The number of aryl methyl sites for hydroxylation is 1. The molecule has 0 heterocycles. The highest BCUT2D eigenvalue weighted by atomic mass is 31.1. The molecule has 0 aliphatic heterocycles. The molecule has 0 saturated heterocycles. The minimum Gasteiger partial charge on any atom is -0.496 e. The van der Waals surface area contributed by atoms with Gasteiger partial charge in [-0.3, -0.25) is 0 Å². The fraction of sp³-hybridized carbons (Fsp3) is 0.143. The molecule has 0 aliphatic carbocycles. The number of hydrogen-bond donors (Lipinski definition) is 0. The minimum absolute atomic E-state index is 0.770. The molecule has 3 aromatic carbocycles. The standard InChI is InChI=1S/C21H21O2P/c1-16-10-4-7-13-19(16)24(20-14-8-5-11-17(20)22-2)21-15-9-6-12-18(21)23-3/h4-15H,1-3H3. The molecule has 24 heavy (non-hydrogen) atoms. The third-order valence-electron chi connectivity index (χ3n) is 4.01. The summed E-state index contributed by atoms with van der Waals surface area (Å²) in [6.07, 6.45) is 0. The molecule has 0 N–H and O–H groups in total. The van der Waals surface area contributed by atoms with Gasteiger partial charge in [0.2, 0.25) is 0 Å². The third kappa shape index (κ3) is 3.16. The summed E-state index contributed by atoms with van der Waals surface area (Å²) >= 11 is 0. The lowest BCUT2D eigenvalue weighted by Gasteiger charge is -2.24. The van der Waals surface area contributed by atoms with E-state index in [0.29, 0.717) is 0 Å². The molecule has 0 amide bonds. The van der Waals surface area contributed by atoms with Crippen LogP contribution in [0.2, 0.25) is 0 Å². The van der Waals surface area contributed by atoms with Gasteiger partial charge in [0.15, 0.2) is 0 Å². The molecule has 122 valence electrons. The molecule has 0 atom stereocenters. The van der Waals surface area contributed by atoms with Crippen molar-refractivity contribution < 1.29 is 9.47 Å². The summed E-state index contributed by atoms with van der Waals surface area (Å²) in [5.74, 6) is 1.83. The molecular weight excluding hydrogens is 315 g/mol. The van der Waals surface area contributed by atoms with E-state index >= 15 is 0 Å². The average molecular weight is 336 g/mol. The zero-order chi connectivity index (χ0) is 16.9. The molecule has 0 radical (unpaired) electrons. The van der Waals surface area contributed by atoms with E-state index in [1.54, 1.807) is 14.2 Å². The number of rotatable bonds is 5. The number of methoxy groups -OCH3 is 2. The van der Waals surface area contributed by atoms with Gasteiger partial charge in [0, 0.05) is 10.6 Å². The predicted octanol–water partition coefficient (Wildman–Crippen LogP) is 3.77. The van der Waals surface area contributed by atoms with E-state index in [1.165, 1.54) is 21.5 Å². The Labute approximate surface area is 144 Å². The van der Waals surface area contributed by atoms with Crippen molar-refractivity contribution in [3.63, 3.8) is 0 Å². The first-order chi connectivity index (χ1) is 11.8. The second-order valence-electron chi connectivity index (χ2n) is 5.47. The molecular formula is C21H21O2P. The Morgan fingerprint density at radius 3 is 1.46 bits per heavy atom. The van der Waals surface area contributed by atoms with Crippen LogP contribution in [-0.4, -0.2) is 14.2 Å². The van der Waals surface area contributed by atoms with Gasteiger partial charge in [-0.05, 0) is 37.8 Å². The smallest absolute Gasteiger partial charge is 0.127 e. The van der Waals surface area contributed by atoms with Crippen molar-refractivity contribution in [2.24, 2.45) is 0 Å². The van der Waals surface area contributed by atoms with Crippen molar-refractivity contribution in [3.8, 4) is 11.5 Å². The van der Waals surface area contributed by atoms with Crippen LogP contribution < -0.4 is 25.4 Å². The monoisotopic (exact) mass is 336 g/mol. The van der Waals surface area contributed by atoms with Crippen LogP contribution in [0.25, 0.3) is 0 Å². The van der Waals surface area contributed by atoms with Crippen LogP contribution in [0, 0.1) is 6.92 Å². The molecule has 0 aromatic heterocycles. The highest BCUT2D eigenvalue weighted by molar-refractivity contribution is 7.80. The maximum atomic E-state index is 5.66. The Kier molecular flexibility index (Phi) is 5.17. The highest BCUT2D eigenvalue weighted by Crippen LogP contribution is 2.40. The molecule has 3 heteroatoms. The fourth-order valence-electron chi connectivity index (χ4n) is 2.83. The lowest BCUT2D eigenvalue weighted by Crippen LogP contribution is -2.24. The van der Waals surface area contributed by atoms with E-state index in [0.717, 1.165) is 11.5 Å². The van der Waals surface area contributed by atoms with Gasteiger partial charge in [-0.2, -0.15) is 0 Å². The summed E-state index contributed by atoms with van der Waals surface area (Å²) in [4.78, 5) is 0. The van der Waals surface area contributed by atoms with Crippen LogP contribution in [0.1, 0.15) is 5.56 Å². The molecule has 0 aliphatic rings. The summed E-state index contributed by atoms with van der Waals surface area (Å²) in [7, 11) is 2.69. The Hall–Kier alpha value is -2.31. The summed E-state index contributed by atoms with van der Waals surface area (Å²) in [6.45, 7) is 2.16. The van der Waals surface area contributed by atoms with Crippen LogP contribution in [0.15, 0.2) is 72.8 Å². The van der Waals surface area contributed by atoms with Gasteiger partial charge in [0.05, 0.1) is 14.2 Å². The van der Waals surface area contributed by atoms with E-state index in [2.05, 4.69) is 55.5 Å². The van der Waals surface area contributed by atoms with Crippen LogP contribution >= 0.6 is 7.92 Å². The van der Waals surface area contributed by atoms with Crippen LogP contribution in [0.4, 0.5) is 0 Å². The first-order valence-corrected chi connectivity index (χ1v) is 9.22. The molecule has 3 rings (SSSR count). The van der Waals surface area contributed by atoms with Gasteiger partial charge >= 0.3 is 0 Å². The lowest BCUT2D eigenvalue weighted by molar-refractivity contribution is 0.417. The zero-order valence-corrected chi connectivity index (χ0v) is 15.1. The molecule has 0 saturated carbocycles. The largest absolute Gasteiger partial charge is 0.496 e. The van der Waals surface area contributed by atoms with Crippen LogP contribution in [-0.2, 0) is 0 Å². The van der Waals surface area contributed by atoms with E-state index in [4.69, 9.17) is 9.47 Å². The first kappa shape index (κ1) is 16.5. The summed E-state index contributed by atoms with van der Waals surface area (Å²) < 4.78 is 11.3. The van der Waals surface area contributed by atoms with Gasteiger partial charge in [-0.15, -0.1) is 0 Å². The highest BCUT2D eigenvalue weighted by Gasteiger charge is 2.24. The van der Waals surface area contributed by atoms with Gasteiger partial charge in [-0.1, -0.05) is 60.7 Å². The Morgan fingerprint density at radius 1 is 0.583 bits per heavy atom. The van der Waals surface area contributed by atoms with Crippen molar-refractivity contribution in [1.29, 1.82) is 0 Å². The van der Waals surface area contributed by atoms with Crippen molar-refractivity contribution >= 4 is 23.8 Å². The normalized spacial score (nSPS) is 10.7. The zero-order valence-electron chi connectivity index (χ0n) is 14.2. The third-order valence-corrected chi connectivity index (χ3v) is 6.69. The van der Waals surface area contributed by atoms with Crippen molar-refractivity contribution in [3.05, 3.63) is 78.4 Å². The number of ether oxygens (including phenoxy) is 2. The fourth-order valence-corrected chi connectivity index (χ4v) is 5.52. The molecule has 0 unspecified atom stereocenters. The van der Waals surface area contributed by atoms with Gasteiger partial charge in [-0.25, -0.2) is 0 Å². The first-order valence-electron chi connectivity index (χ1n) is 7.88. The van der Waals surface area contributed by atoms with Gasteiger partial charge in [0.25, 0.3) is 0 Å². The summed E-state index contributed by atoms with van der Waals surface area (Å²) in [5, 5.41) is 3.73. The van der Waals surface area contributed by atoms with Crippen molar-refractivity contribution in [2.75, 3.05) is 14.2 Å². The summed E-state index contributed by atoms with van der Waals surface area (Å²) in [5.41, 5.74) is 1.28. The predicted molar refractivity (Wildman–Crippen MR) is 103 cm³/mol. The van der Waals surface area contributed by atoms with E-state index in [9.17, 15) is 0 Å². The SMILES string of the molecule is COc1ccccc1P(c1ccccc1C)c1ccccc1OC. The lowest BCUT2D eigenvalue weighted by atomic mass is 10.2. The van der Waals surface area contributed by atoms with Gasteiger partial charge < -0.3 is 9.47 Å². The van der Waals surface area contributed by atoms with Crippen LogP contribution in [0.3, 0.4) is 0 Å². The molecule has 0 bridgehead atoms. The Bertz CT molecular complexity index is 782. The number of hydrogen-bond acceptors (Lipinski definition) is 2. The average Bonchev–Trinajstić information content (AvgIpc) is 2.64. The van der Waals surface area contributed by atoms with E-state index < -0.39 is 7.92 Å². The summed E-state index contributed by atoms with van der Waals surface area (Å²) in [6, 6.07) is 25.1. The molecule has 2 nitrogen and oxygen atoms in total. The number of benzene rings is 3. The van der Waals surface area contributed by atoms with E-state index in [-0.39, 0.29) is 0 Å². The second-order valence-corrected chi connectivity index (χ2v) is 7.58. The van der Waals surface area contributed by atoms with Crippen molar-refractivity contribution in [1.82, 2.24) is 0 Å².